The van der Waals surface area contributed by atoms with Crippen LogP contribution in [0.5, 0.6) is 5.75 Å². The van der Waals surface area contributed by atoms with E-state index in [1.54, 1.807) is 7.11 Å². The van der Waals surface area contributed by atoms with Crippen LogP contribution in [0.15, 0.2) is 16.6 Å². The van der Waals surface area contributed by atoms with Gasteiger partial charge in [0.15, 0.2) is 0 Å². The van der Waals surface area contributed by atoms with Crippen molar-refractivity contribution in [2.45, 2.75) is 57.0 Å². The lowest BCUT2D eigenvalue weighted by Crippen LogP contribution is -2.44. The predicted molar refractivity (Wildman–Crippen MR) is 88.9 cm³/mol. The first-order chi connectivity index (χ1) is 10.3. The molecule has 3 aliphatic rings. The van der Waals surface area contributed by atoms with Gasteiger partial charge in [0.05, 0.1) is 7.11 Å². The fourth-order valence-corrected chi connectivity index (χ4v) is 4.55. The molecular formula is C18H24BrNO. The number of hydrogen-bond acceptors (Lipinski definition) is 2. The summed E-state index contributed by atoms with van der Waals surface area (Å²) in [6.07, 6.45) is 9.34. The standard InChI is InChI=1S/C18H24BrNO/c1-21-17-9-8-16(19)14-7-6-13(10-15(14)17)20-18(11-2-3-11)12-4-5-12/h8-9,11-13,18,20H,2-7,10H2,1H3. The van der Waals surface area contributed by atoms with Crippen molar-refractivity contribution in [2.24, 2.45) is 11.8 Å². The molecule has 4 rings (SSSR count). The molecule has 0 amide bonds. The van der Waals surface area contributed by atoms with Crippen LogP contribution < -0.4 is 10.1 Å². The number of nitrogens with one attached hydrogen (secondary N) is 1. The van der Waals surface area contributed by atoms with Gasteiger partial charge in [-0.25, -0.2) is 0 Å². The van der Waals surface area contributed by atoms with E-state index in [2.05, 4.69) is 33.4 Å². The Morgan fingerprint density at radius 1 is 1.10 bits per heavy atom. The fourth-order valence-electron chi connectivity index (χ4n) is 3.98. The molecule has 1 unspecified atom stereocenters. The van der Waals surface area contributed by atoms with Gasteiger partial charge in [-0.2, -0.15) is 0 Å². The molecule has 0 aromatic heterocycles. The highest BCUT2D eigenvalue weighted by atomic mass is 79.9. The minimum absolute atomic E-state index is 0.631. The summed E-state index contributed by atoms with van der Waals surface area (Å²) in [5, 5.41) is 4.02. The summed E-state index contributed by atoms with van der Waals surface area (Å²) in [5.41, 5.74) is 2.88. The van der Waals surface area contributed by atoms with Gasteiger partial charge in [-0.05, 0) is 80.0 Å². The fraction of sp³-hybridized carbons (Fsp3) is 0.667. The second-order valence-corrected chi connectivity index (χ2v) is 7.87. The Kier molecular flexibility index (Phi) is 3.74. The molecule has 3 heteroatoms. The zero-order valence-electron chi connectivity index (χ0n) is 12.7. The van der Waals surface area contributed by atoms with Crippen LogP contribution in [-0.2, 0) is 12.8 Å². The van der Waals surface area contributed by atoms with E-state index in [0.29, 0.717) is 6.04 Å². The lowest BCUT2D eigenvalue weighted by atomic mass is 9.86. The summed E-state index contributed by atoms with van der Waals surface area (Å²) in [5.74, 6) is 3.01. The second kappa shape index (κ2) is 5.58. The van der Waals surface area contributed by atoms with Gasteiger partial charge in [0.2, 0.25) is 0 Å². The maximum Gasteiger partial charge on any atom is 0.122 e. The van der Waals surface area contributed by atoms with Crippen molar-refractivity contribution >= 4 is 15.9 Å². The zero-order chi connectivity index (χ0) is 14.4. The van der Waals surface area contributed by atoms with Gasteiger partial charge in [0.1, 0.15) is 5.75 Å². The number of benzene rings is 1. The van der Waals surface area contributed by atoms with Gasteiger partial charge in [0, 0.05) is 16.6 Å². The van der Waals surface area contributed by atoms with E-state index < -0.39 is 0 Å². The third kappa shape index (κ3) is 2.87. The van der Waals surface area contributed by atoms with Gasteiger partial charge in [-0.1, -0.05) is 15.9 Å². The van der Waals surface area contributed by atoms with Crippen molar-refractivity contribution in [3.05, 3.63) is 27.7 Å². The first-order valence-corrected chi connectivity index (χ1v) is 9.16. The first-order valence-electron chi connectivity index (χ1n) is 8.36. The van der Waals surface area contributed by atoms with Crippen LogP contribution in [-0.4, -0.2) is 19.2 Å². The quantitative estimate of drug-likeness (QED) is 0.864. The topological polar surface area (TPSA) is 21.3 Å². The van der Waals surface area contributed by atoms with E-state index in [9.17, 15) is 0 Å². The lowest BCUT2D eigenvalue weighted by molar-refractivity contribution is 0.333. The number of methoxy groups -OCH3 is 1. The highest BCUT2D eigenvalue weighted by Gasteiger charge is 2.42. The smallest absolute Gasteiger partial charge is 0.122 e. The van der Waals surface area contributed by atoms with E-state index in [0.717, 1.165) is 36.5 Å². The molecule has 2 saturated carbocycles. The van der Waals surface area contributed by atoms with Crippen LogP contribution in [0.1, 0.15) is 43.2 Å². The molecule has 2 nitrogen and oxygen atoms in total. The number of rotatable bonds is 5. The molecule has 114 valence electrons. The van der Waals surface area contributed by atoms with Crippen molar-refractivity contribution in [1.82, 2.24) is 5.32 Å². The molecule has 0 spiro atoms. The average Bonchev–Trinajstić information content (AvgIpc) is 3.39. The monoisotopic (exact) mass is 349 g/mol. The van der Waals surface area contributed by atoms with Crippen LogP contribution >= 0.6 is 15.9 Å². The van der Waals surface area contributed by atoms with Crippen LogP contribution in [0.2, 0.25) is 0 Å². The molecule has 21 heavy (non-hydrogen) atoms. The third-order valence-corrected chi connectivity index (χ3v) is 6.18. The second-order valence-electron chi connectivity index (χ2n) is 7.01. The maximum atomic E-state index is 5.59. The normalized spacial score (nSPS) is 25.0. The molecule has 3 aliphatic carbocycles. The molecule has 0 heterocycles. The van der Waals surface area contributed by atoms with Crippen molar-refractivity contribution in [1.29, 1.82) is 0 Å². The van der Waals surface area contributed by atoms with E-state index in [-0.39, 0.29) is 0 Å². The lowest BCUT2D eigenvalue weighted by Gasteiger charge is -2.31. The molecule has 0 bridgehead atoms. The van der Waals surface area contributed by atoms with E-state index in [1.165, 1.54) is 47.7 Å². The number of fused-ring (bicyclic) bond motifs is 1. The van der Waals surface area contributed by atoms with Gasteiger partial charge in [0.25, 0.3) is 0 Å². The summed E-state index contributed by atoms with van der Waals surface area (Å²) in [4.78, 5) is 0. The number of hydrogen-bond donors (Lipinski definition) is 1. The zero-order valence-corrected chi connectivity index (χ0v) is 14.3. The van der Waals surface area contributed by atoms with Gasteiger partial charge < -0.3 is 10.1 Å². The molecule has 1 atom stereocenters. The van der Waals surface area contributed by atoms with Crippen LogP contribution in [0.3, 0.4) is 0 Å². The van der Waals surface area contributed by atoms with Crippen molar-refractivity contribution in [3.8, 4) is 5.75 Å². The molecule has 2 fully saturated rings. The largest absolute Gasteiger partial charge is 0.496 e. The SMILES string of the molecule is COc1ccc(Br)c2c1CC(NC(C1CC1)C1CC1)CC2. The summed E-state index contributed by atoms with van der Waals surface area (Å²) in [6, 6.07) is 5.66. The van der Waals surface area contributed by atoms with Gasteiger partial charge in [-0.3, -0.25) is 0 Å². The number of ether oxygens (including phenoxy) is 1. The Morgan fingerprint density at radius 2 is 1.81 bits per heavy atom. The highest BCUT2D eigenvalue weighted by molar-refractivity contribution is 9.10. The van der Waals surface area contributed by atoms with Crippen LogP contribution in [0, 0.1) is 11.8 Å². The third-order valence-electron chi connectivity index (χ3n) is 5.43. The molecular weight excluding hydrogens is 326 g/mol. The Labute approximate surface area is 135 Å². The summed E-state index contributed by atoms with van der Waals surface area (Å²) in [7, 11) is 1.79. The van der Waals surface area contributed by atoms with Crippen LogP contribution in [0.25, 0.3) is 0 Å². The molecule has 1 aromatic carbocycles. The van der Waals surface area contributed by atoms with Crippen molar-refractivity contribution < 1.29 is 4.74 Å². The first kappa shape index (κ1) is 14.1. The summed E-state index contributed by atoms with van der Waals surface area (Å²) < 4.78 is 6.84. The summed E-state index contributed by atoms with van der Waals surface area (Å²) >= 11 is 3.71. The Hall–Kier alpha value is -0.540. The van der Waals surface area contributed by atoms with E-state index in [1.807, 2.05) is 0 Å². The molecule has 0 aliphatic heterocycles. The minimum atomic E-state index is 0.631. The summed E-state index contributed by atoms with van der Waals surface area (Å²) in [6.45, 7) is 0. The van der Waals surface area contributed by atoms with Crippen molar-refractivity contribution in [3.63, 3.8) is 0 Å². The Bertz CT molecular complexity index is 524. The van der Waals surface area contributed by atoms with Crippen LogP contribution in [0.4, 0.5) is 0 Å². The predicted octanol–water partition coefficient (Wildman–Crippen LogP) is 4.09. The molecule has 0 radical (unpaired) electrons. The minimum Gasteiger partial charge on any atom is -0.496 e. The molecule has 0 saturated heterocycles. The Balaban J connectivity index is 1.51. The van der Waals surface area contributed by atoms with Gasteiger partial charge in [-0.15, -0.1) is 0 Å². The van der Waals surface area contributed by atoms with E-state index in [4.69, 9.17) is 4.74 Å². The maximum absolute atomic E-state index is 5.59. The average molecular weight is 350 g/mol. The van der Waals surface area contributed by atoms with E-state index >= 15 is 0 Å². The van der Waals surface area contributed by atoms with Crippen molar-refractivity contribution in [2.75, 3.05) is 7.11 Å². The molecule has 1 aromatic rings. The molecule has 1 N–H and O–H groups in total. The highest BCUT2D eigenvalue weighted by Crippen LogP contribution is 2.45. The van der Waals surface area contributed by atoms with Gasteiger partial charge >= 0.3 is 0 Å². The Morgan fingerprint density at radius 3 is 2.43 bits per heavy atom. The number of halogens is 1.